The van der Waals surface area contributed by atoms with E-state index < -0.39 is 17.6 Å². The summed E-state index contributed by atoms with van der Waals surface area (Å²) in [5, 5.41) is 0. The average Bonchev–Trinajstić information content (AvgIpc) is 2.45. The first kappa shape index (κ1) is 16.6. The summed E-state index contributed by atoms with van der Waals surface area (Å²) in [6.45, 7) is 1.11. The predicted octanol–water partition coefficient (Wildman–Crippen LogP) is 2.33. The van der Waals surface area contributed by atoms with Crippen LogP contribution in [0, 0.1) is 0 Å². The highest BCUT2D eigenvalue weighted by molar-refractivity contribution is 5.93. The lowest BCUT2D eigenvalue weighted by Gasteiger charge is -2.38. The third-order valence-electron chi connectivity index (χ3n) is 4.05. The second-order valence-electron chi connectivity index (χ2n) is 5.80. The lowest BCUT2D eigenvalue weighted by atomic mass is 10.0. The van der Waals surface area contributed by atoms with Crippen molar-refractivity contribution in [2.75, 3.05) is 32.1 Å². The van der Waals surface area contributed by atoms with E-state index in [0.29, 0.717) is 13.1 Å². The summed E-state index contributed by atoms with van der Waals surface area (Å²) < 4.78 is 39.9. The van der Waals surface area contributed by atoms with Gasteiger partial charge in [-0.3, -0.25) is 4.79 Å². The van der Waals surface area contributed by atoms with Crippen LogP contribution in [0.3, 0.4) is 0 Å². The summed E-state index contributed by atoms with van der Waals surface area (Å²) >= 11 is 0. The Labute approximate surface area is 127 Å². The van der Waals surface area contributed by atoms with Crippen LogP contribution in [-0.2, 0) is 6.18 Å². The van der Waals surface area contributed by atoms with Gasteiger partial charge in [-0.2, -0.15) is 13.2 Å². The summed E-state index contributed by atoms with van der Waals surface area (Å²) in [5.41, 5.74) is 4.27. The van der Waals surface area contributed by atoms with Crippen LogP contribution in [0.2, 0.25) is 0 Å². The van der Waals surface area contributed by atoms with Crippen molar-refractivity contribution in [2.45, 2.75) is 25.1 Å². The Bertz CT molecular complexity index is 557. The van der Waals surface area contributed by atoms with E-state index in [4.69, 9.17) is 5.73 Å². The van der Waals surface area contributed by atoms with Crippen LogP contribution < -0.4 is 10.6 Å². The molecule has 4 nitrogen and oxygen atoms in total. The van der Waals surface area contributed by atoms with E-state index in [1.165, 1.54) is 12.1 Å². The smallest absolute Gasteiger partial charge is 0.369 e. The van der Waals surface area contributed by atoms with Crippen LogP contribution in [0.15, 0.2) is 18.2 Å². The Morgan fingerprint density at radius 2 is 2.05 bits per heavy atom. The number of amides is 1. The summed E-state index contributed by atoms with van der Waals surface area (Å²) in [5.74, 6) is -0.859. The average molecular weight is 315 g/mol. The van der Waals surface area contributed by atoms with Crippen molar-refractivity contribution in [1.82, 2.24) is 4.90 Å². The molecule has 2 rings (SSSR count). The Balaban J connectivity index is 2.39. The normalized spacial score (nSPS) is 19.5. The molecule has 2 N–H and O–H groups in total. The molecule has 22 heavy (non-hydrogen) atoms. The Kier molecular flexibility index (Phi) is 4.65. The summed E-state index contributed by atoms with van der Waals surface area (Å²) in [6.07, 6.45) is -2.73. The largest absolute Gasteiger partial charge is 0.418 e. The Morgan fingerprint density at radius 1 is 1.36 bits per heavy atom. The molecule has 1 heterocycles. The molecule has 0 aliphatic carbocycles. The summed E-state index contributed by atoms with van der Waals surface area (Å²) in [6, 6.07) is 3.76. The number of hydrogen-bond donors (Lipinski definition) is 1. The van der Waals surface area contributed by atoms with Crippen LogP contribution in [0.4, 0.5) is 18.9 Å². The lowest BCUT2D eigenvalue weighted by molar-refractivity contribution is -0.137. The molecule has 0 spiro atoms. The fourth-order valence-electron chi connectivity index (χ4n) is 2.79. The van der Waals surface area contributed by atoms with E-state index in [9.17, 15) is 18.0 Å². The molecular formula is C15H20F3N3O. The quantitative estimate of drug-likeness (QED) is 0.931. The van der Waals surface area contributed by atoms with Gasteiger partial charge in [0.2, 0.25) is 5.91 Å². The van der Waals surface area contributed by atoms with Gasteiger partial charge in [-0.1, -0.05) is 0 Å². The molecule has 0 bridgehead atoms. The molecule has 1 aliphatic rings. The molecule has 1 aliphatic heterocycles. The van der Waals surface area contributed by atoms with E-state index in [2.05, 4.69) is 0 Å². The maximum Gasteiger partial charge on any atom is 0.418 e. The first-order valence-electron chi connectivity index (χ1n) is 7.12. The monoisotopic (exact) mass is 315 g/mol. The molecule has 0 aromatic heterocycles. The molecule has 122 valence electrons. The number of hydrogen-bond acceptors (Lipinski definition) is 3. The minimum atomic E-state index is -4.52. The van der Waals surface area contributed by atoms with Crippen molar-refractivity contribution < 1.29 is 18.0 Å². The number of rotatable bonds is 3. The number of likely N-dealkylation sites (N-methyl/N-ethyl adjacent to an activating group) is 1. The molecule has 0 unspecified atom stereocenters. The molecule has 7 heteroatoms. The van der Waals surface area contributed by atoms with Crippen molar-refractivity contribution in [3.8, 4) is 0 Å². The number of nitrogens with two attached hydrogens (primary N) is 1. The van der Waals surface area contributed by atoms with Gasteiger partial charge in [0, 0.05) is 30.4 Å². The SMILES string of the molecule is CN(C)[C@@H]1CCCN(c2ccc(C(N)=O)cc2C(F)(F)F)C1. The van der Waals surface area contributed by atoms with Crippen molar-refractivity contribution in [1.29, 1.82) is 0 Å². The second kappa shape index (κ2) is 6.16. The van der Waals surface area contributed by atoms with Crippen LogP contribution in [0.5, 0.6) is 0 Å². The van der Waals surface area contributed by atoms with Crippen LogP contribution in [0.25, 0.3) is 0 Å². The van der Waals surface area contributed by atoms with Gasteiger partial charge in [-0.05, 0) is 45.1 Å². The first-order chi connectivity index (χ1) is 10.2. The van der Waals surface area contributed by atoms with Gasteiger partial charge in [-0.15, -0.1) is 0 Å². The highest BCUT2D eigenvalue weighted by Gasteiger charge is 2.36. The maximum atomic E-state index is 13.3. The highest BCUT2D eigenvalue weighted by Crippen LogP contribution is 2.38. The third-order valence-corrected chi connectivity index (χ3v) is 4.05. The molecule has 1 amide bonds. The molecule has 1 atom stereocenters. The van der Waals surface area contributed by atoms with E-state index in [-0.39, 0.29) is 17.3 Å². The zero-order valence-electron chi connectivity index (χ0n) is 12.7. The van der Waals surface area contributed by atoms with Gasteiger partial charge in [0.15, 0.2) is 0 Å². The van der Waals surface area contributed by atoms with E-state index in [0.717, 1.165) is 18.9 Å². The molecule has 0 saturated carbocycles. The Hall–Kier alpha value is -1.76. The minimum Gasteiger partial charge on any atom is -0.369 e. The summed E-state index contributed by atoms with van der Waals surface area (Å²) in [4.78, 5) is 14.9. The van der Waals surface area contributed by atoms with Gasteiger partial charge in [-0.25, -0.2) is 0 Å². The molecule has 0 radical (unpaired) electrons. The van der Waals surface area contributed by atoms with Gasteiger partial charge in [0.1, 0.15) is 0 Å². The number of benzene rings is 1. The fraction of sp³-hybridized carbons (Fsp3) is 0.533. The second-order valence-corrected chi connectivity index (χ2v) is 5.80. The van der Waals surface area contributed by atoms with E-state index in [1.54, 1.807) is 4.90 Å². The number of carbonyl (C=O) groups is 1. The van der Waals surface area contributed by atoms with Crippen molar-refractivity contribution in [3.05, 3.63) is 29.3 Å². The van der Waals surface area contributed by atoms with Crippen LogP contribution in [-0.4, -0.2) is 44.0 Å². The maximum absolute atomic E-state index is 13.3. The first-order valence-corrected chi connectivity index (χ1v) is 7.12. The van der Waals surface area contributed by atoms with E-state index >= 15 is 0 Å². The van der Waals surface area contributed by atoms with Crippen molar-refractivity contribution >= 4 is 11.6 Å². The number of alkyl halides is 3. The van der Waals surface area contributed by atoms with Gasteiger partial charge in [0.25, 0.3) is 0 Å². The van der Waals surface area contributed by atoms with Crippen molar-refractivity contribution in [3.63, 3.8) is 0 Å². The third kappa shape index (κ3) is 3.52. The van der Waals surface area contributed by atoms with Gasteiger partial charge >= 0.3 is 6.18 Å². The number of piperidine rings is 1. The van der Waals surface area contributed by atoms with Gasteiger partial charge in [0.05, 0.1) is 5.56 Å². The summed E-state index contributed by atoms with van der Waals surface area (Å²) in [7, 11) is 3.85. The topological polar surface area (TPSA) is 49.6 Å². The Morgan fingerprint density at radius 3 is 2.59 bits per heavy atom. The molecule has 1 saturated heterocycles. The fourth-order valence-corrected chi connectivity index (χ4v) is 2.79. The molecule has 1 fully saturated rings. The number of nitrogens with zero attached hydrogens (tertiary/aromatic N) is 2. The van der Waals surface area contributed by atoms with Gasteiger partial charge < -0.3 is 15.5 Å². The number of halogens is 3. The molecular weight excluding hydrogens is 295 g/mol. The van der Waals surface area contributed by atoms with Crippen LogP contribution >= 0.6 is 0 Å². The number of primary amides is 1. The molecule has 1 aromatic carbocycles. The number of anilines is 1. The number of carbonyl (C=O) groups excluding carboxylic acids is 1. The van der Waals surface area contributed by atoms with E-state index in [1.807, 2.05) is 19.0 Å². The van der Waals surface area contributed by atoms with Crippen molar-refractivity contribution in [2.24, 2.45) is 5.73 Å². The molecule has 1 aromatic rings. The zero-order valence-corrected chi connectivity index (χ0v) is 12.7. The zero-order chi connectivity index (χ0) is 16.5. The lowest BCUT2D eigenvalue weighted by Crippen LogP contribution is -2.45. The van der Waals surface area contributed by atoms with Crippen LogP contribution in [0.1, 0.15) is 28.8 Å². The minimum absolute atomic E-state index is 0.115. The highest BCUT2D eigenvalue weighted by atomic mass is 19.4. The standard InChI is InChI=1S/C15H20F3N3O/c1-20(2)11-4-3-7-21(9-11)13-6-5-10(14(19)22)8-12(13)15(16,17)18/h5-6,8,11H,3-4,7,9H2,1-2H3,(H2,19,22)/t11-/m1/s1. The predicted molar refractivity (Wildman–Crippen MR) is 78.9 cm³/mol.